The summed E-state index contributed by atoms with van der Waals surface area (Å²) in [6, 6.07) is 15.5. The molecule has 5 nitrogen and oxygen atoms in total. The minimum Gasteiger partial charge on any atom is -0.347 e. The molecule has 0 aliphatic heterocycles. The summed E-state index contributed by atoms with van der Waals surface area (Å²) in [6.45, 7) is 4.37. The number of aromatic nitrogens is 3. The minimum absolute atomic E-state index is 0.197. The second-order valence-electron chi connectivity index (χ2n) is 5.75. The van der Waals surface area contributed by atoms with E-state index in [9.17, 15) is 4.79 Å². The van der Waals surface area contributed by atoms with Crippen LogP contribution in [0.15, 0.2) is 53.4 Å². The van der Waals surface area contributed by atoms with Gasteiger partial charge in [-0.2, -0.15) is 5.10 Å². The molecule has 2 aromatic heterocycles. The molecule has 128 valence electrons. The number of nitrogens with zero attached hydrogens (tertiary/aromatic N) is 3. The third-order valence-corrected chi connectivity index (χ3v) is 4.55. The number of amides is 1. The average molecular weight is 352 g/mol. The second kappa shape index (κ2) is 7.53. The van der Waals surface area contributed by atoms with E-state index < -0.39 is 0 Å². The minimum atomic E-state index is -0.197. The van der Waals surface area contributed by atoms with Crippen LogP contribution in [0.25, 0.3) is 5.82 Å². The fourth-order valence-electron chi connectivity index (χ4n) is 2.54. The second-order valence-corrected chi connectivity index (χ2v) is 6.63. The van der Waals surface area contributed by atoms with Crippen LogP contribution in [0.3, 0.4) is 0 Å². The lowest BCUT2D eigenvalue weighted by Crippen LogP contribution is -2.24. The first-order chi connectivity index (χ1) is 12.1. The van der Waals surface area contributed by atoms with Crippen LogP contribution in [0, 0.1) is 13.8 Å². The van der Waals surface area contributed by atoms with E-state index in [2.05, 4.69) is 15.4 Å². The van der Waals surface area contributed by atoms with Gasteiger partial charge in [0.25, 0.3) is 5.91 Å². The molecule has 0 bridgehead atoms. The van der Waals surface area contributed by atoms with Gasteiger partial charge in [0.2, 0.25) is 0 Å². The van der Waals surface area contributed by atoms with Crippen molar-refractivity contribution in [2.24, 2.45) is 0 Å². The summed E-state index contributed by atoms with van der Waals surface area (Å²) < 4.78 is 1.74. The van der Waals surface area contributed by atoms with E-state index in [4.69, 9.17) is 0 Å². The zero-order chi connectivity index (χ0) is 17.8. The maximum absolute atomic E-state index is 12.4. The molecule has 1 aromatic carbocycles. The molecule has 1 N–H and O–H groups in total. The highest BCUT2D eigenvalue weighted by molar-refractivity contribution is 7.98. The average Bonchev–Trinajstić information content (AvgIpc) is 2.98. The van der Waals surface area contributed by atoms with Crippen molar-refractivity contribution in [3.8, 4) is 5.82 Å². The number of hydrogen-bond acceptors (Lipinski definition) is 4. The molecule has 25 heavy (non-hydrogen) atoms. The summed E-state index contributed by atoms with van der Waals surface area (Å²) >= 11 is 1.70. The fraction of sp³-hybridized carbons (Fsp3) is 0.211. The van der Waals surface area contributed by atoms with Crippen molar-refractivity contribution < 1.29 is 4.79 Å². The third kappa shape index (κ3) is 4.09. The first-order valence-corrected chi connectivity index (χ1v) is 9.21. The van der Waals surface area contributed by atoms with Crippen LogP contribution in [-0.4, -0.2) is 26.9 Å². The number of thioether (sulfide) groups is 1. The molecule has 0 unspecified atom stereocenters. The number of aryl methyl sites for hydroxylation is 2. The van der Waals surface area contributed by atoms with Crippen LogP contribution >= 0.6 is 11.8 Å². The molecular weight excluding hydrogens is 332 g/mol. The van der Waals surface area contributed by atoms with E-state index in [0.29, 0.717) is 18.1 Å². The van der Waals surface area contributed by atoms with Crippen molar-refractivity contribution in [3.05, 3.63) is 71.2 Å². The predicted octanol–water partition coefficient (Wildman–Crippen LogP) is 3.54. The zero-order valence-electron chi connectivity index (χ0n) is 14.5. The third-order valence-electron chi connectivity index (χ3n) is 3.81. The summed E-state index contributed by atoms with van der Waals surface area (Å²) in [7, 11) is 0. The number of benzene rings is 1. The first kappa shape index (κ1) is 17.2. The van der Waals surface area contributed by atoms with Gasteiger partial charge in [-0.15, -0.1) is 11.8 Å². The summed E-state index contributed by atoms with van der Waals surface area (Å²) in [5, 5.41) is 7.32. The van der Waals surface area contributed by atoms with Crippen molar-refractivity contribution in [2.45, 2.75) is 25.3 Å². The molecule has 6 heteroatoms. The Kier molecular flexibility index (Phi) is 5.19. The van der Waals surface area contributed by atoms with Crippen LogP contribution < -0.4 is 5.32 Å². The van der Waals surface area contributed by atoms with Crippen LogP contribution in [0.5, 0.6) is 0 Å². The highest BCUT2D eigenvalue weighted by Gasteiger charge is 2.10. The van der Waals surface area contributed by atoms with Crippen molar-refractivity contribution in [1.29, 1.82) is 0 Å². The van der Waals surface area contributed by atoms with E-state index in [0.717, 1.165) is 17.0 Å². The standard InChI is InChI=1S/C19H20N4OS/c1-13-11-14(2)23(22-13)18-6-4-5-17(21-18)19(24)20-12-15-7-9-16(25-3)10-8-15/h4-11H,12H2,1-3H3,(H,20,24). The van der Waals surface area contributed by atoms with Crippen LogP contribution in [0.4, 0.5) is 0 Å². The van der Waals surface area contributed by atoms with E-state index >= 15 is 0 Å². The summed E-state index contributed by atoms with van der Waals surface area (Å²) in [5.41, 5.74) is 3.34. The maximum atomic E-state index is 12.4. The quantitative estimate of drug-likeness (QED) is 0.714. The molecule has 0 aliphatic carbocycles. The van der Waals surface area contributed by atoms with Gasteiger partial charge in [-0.3, -0.25) is 4.79 Å². The van der Waals surface area contributed by atoms with Crippen molar-refractivity contribution in [2.75, 3.05) is 6.26 Å². The summed E-state index contributed by atoms with van der Waals surface area (Å²) in [4.78, 5) is 18.1. The monoisotopic (exact) mass is 352 g/mol. The van der Waals surface area contributed by atoms with Crippen molar-refractivity contribution in [3.63, 3.8) is 0 Å². The Morgan fingerprint density at radius 2 is 1.92 bits per heavy atom. The highest BCUT2D eigenvalue weighted by Crippen LogP contribution is 2.15. The van der Waals surface area contributed by atoms with E-state index in [1.807, 2.05) is 62.6 Å². The fourth-order valence-corrected chi connectivity index (χ4v) is 2.95. The lowest BCUT2D eigenvalue weighted by Gasteiger charge is -2.08. The van der Waals surface area contributed by atoms with Gasteiger partial charge in [-0.25, -0.2) is 9.67 Å². The summed E-state index contributed by atoms with van der Waals surface area (Å²) in [5.74, 6) is 0.444. The van der Waals surface area contributed by atoms with Gasteiger partial charge in [0.15, 0.2) is 5.82 Å². The number of nitrogens with one attached hydrogen (secondary N) is 1. The predicted molar refractivity (Wildman–Crippen MR) is 100 cm³/mol. The van der Waals surface area contributed by atoms with Gasteiger partial charge >= 0.3 is 0 Å². The lowest BCUT2D eigenvalue weighted by atomic mass is 10.2. The Morgan fingerprint density at radius 1 is 1.16 bits per heavy atom. The maximum Gasteiger partial charge on any atom is 0.270 e. The first-order valence-electron chi connectivity index (χ1n) is 7.98. The molecular formula is C19H20N4OS. The normalized spacial score (nSPS) is 10.7. The zero-order valence-corrected chi connectivity index (χ0v) is 15.3. The van der Waals surface area contributed by atoms with Gasteiger partial charge in [-0.1, -0.05) is 18.2 Å². The van der Waals surface area contributed by atoms with E-state index in [1.165, 1.54) is 4.90 Å². The Morgan fingerprint density at radius 3 is 2.56 bits per heavy atom. The van der Waals surface area contributed by atoms with Crippen molar-refractivity contribution in [1.82, 2.24) is 20.1 Å². The van der Waals surface area contributed by atoms with Crippen molar-refractivity contribution >= 4 is 17.7 Å². The Bertz CT molecular complexity index is 887. The number of rotatable bonds is 5. The number of pyridine rings is 1. The topological polar surface area (TPSA) is 59.8 Å². The Hall–Kier alpha value is -2.60. The molecule has 0 saturated heterocycles. The van der Waals surface area contributed by atoms with Gasteiger partial charge in [0.1, 0.15) is 5.69 Å². The lowest BCUT2D eigenvalue weighted by molar-refractivity contribution is 0.0946. The number of carbonyl (C=O) groups is 1. The molecule has 1 amide bonds. The molecule has 2 heterocycles. The van der Waals surface area contributed by atoms with Gasteiger partial charge < -0.3 is 5.32 Å². The molecule has 0 spiro atoms. The molecule has 0 aliphatic rings. The SMILES string of the molecule is CSc1ccc(CNC(=O)c2cccc(-n3nc(C)cc3C)n2)cc1. The molecule has 3 aromatic rings. The van der Waals surface area contributed by atoms with Gasteiger partial charge in [-0.05, 0) is 56.0 Å². The smallest absolute Gasteiger partial charge is 0.270 e. The van der Waals surface area contributed by atoms with Crippen LogP contribution in [0.1, 0.15) is 27.4 Å². The van der Waals surface area contributed by atoms with Gasteiger partial charge in [0, 0.05) is 17.1 Å². The molecule has 0 atom stereocenters. The van der Waals surface area contributed by atoms with Crippen LogP contribution in [-0.2, 0) is 6.54 Å². The van der Waals surface area contributed by atoms with Crippen LogP contribution in [0.2, 0.25) is 0 Å². The molecule has 3 rings (SSSR count). The highest BCUT2D eigenvalue weighted by atomic mass is 32.2. The summed E-state index contributed by atoms with van der Waals surface area (Å²) in [6.07, 6.45) is 2.04. The molecule has 0 fully saturated rings. The molecule has 0 radical (unpaired) electrons. The number of carbonyl (C=O) groups excluding carboxylic acids is 1. The largest absolute Gasteiger partial charge is 0.347 e. The molecule has 0 saturated carbocycles. The Balaban J connectivity index is 1.71. The Labute approximate surface area is 151 Å². The van der Waals surface area contributed by atoms with Gasteiger partial charge in [0.05, 0.1) is 5.69 Å². The van der Waals surface area contributed by atoms with E-state index in [-0.39, 0.29) is 5.91 Å². The van der Waals surface area contributed by atoms with E-state index in [1.54, 1.807) is 22.5 Å². The number of hydrogen-bond donors (Lipinski definition) is 1.